The Bertz CT molecular complexity index is 1070. The van der Waals surface area contributed by atoms with Crippen molar-refractivity contribution < 1.29 is 9.90 Å². The molecule has 2 N–H and O–H groups in total. The number of hydrogen-bond donors (Lipinski definition) is 2. The smallest absolute Gasteiger partial charge is 0.258 e. The van der Waals surface area contributed by atoms with Crippen LogP contribution in [-0.4, -0.2) is 26.1 Å². The fourth-order valence-electron chi connectivity index (χ4n) is 4.61. The van der Waals surface area contributed by atoms with Crippen LogP contribution in [-0.2, 0) is 19.5 Å². The van der Waals surface area contributed by atoms with Gasteiger partial charge in [0.1, 0.15) is 5.75 Å². The molecule has 5 rings (SSSR count). The second-order valence-electron chi connectivity index (χ2n) is 8.02. The number of hydrogen-bond acceptors (Lipinski definition) is 3. The van der Waals surface area contributed by atoms with E-state index in [-0.39, 0.29) is 11.7 Å². The van der Waals surface area contributed by atoms with Crippen LogP contribution in [0.2, 0.25) is 0 Å². The molecule has 2 aliphatic rings. The fourth-order valence-corrected chi connectivity index (χ4v) is 5.01. The summed E-state index contributed by atoms with van der Waals surface area (Å²) in [5.74, 6) is 0.538. The summed E-state index contributed by atoms with van der Waals surface area (Å²) in [5, 5.41) is 18.9. The number of fused-ring (bicyclic) bond motifs is 2. The lowest BCUT2D eigenvalue weighted by atomic mass is 9.99. The summed E-state index contributed by atoms with van der Waals surface area (Å²) in [6, 6.07) is 9.53. The highest BCUT2D eigenvalue weighted by Gasteiger charge is 2.27. The SMILES string of the molecule is O=C(c1cc2c(CC3CCCC3)[nH]nc2cc1O)N1Cc2ccc(Br)cc2C1. The topological polar surface area (TPSA) is 69.2 Å². The average Bonchev–Trinajstić information content (AvgIpc) is 3.41. The van der Waals surface area contributed by atoms with Crippen molar-refractivity contribution in [3.05, 3.63) is 57.2 Å². The highest BCUT2D eigenvalue weighted by molar-refractivity contribution is 9.10. The van der Waals surface area contributed by atoms with Crippen LogP contribution in [0.1, 0.15) is 52.9 Å². The maximum absolute atomic E-state index is 13.2. The number of phenols is 1. The summed E-state index contributed by atoms with van der Waals surface area (Å²) in [6.07, 6.45) is 6.07. The normalized spacial score (nSPS) is 16.8. The Kier molecular flexibility index (Phi) is 4.38. The number of halogens is 1. The molecule has 2 heterocycles. The maximum Gasteiger partial charge on any atom is 0.258 e. The van der Waals surface area contributed by atoms with Gasteiger partial charge in [0, 0.05) is 34.7 Å². The second kappa shape index (κ2) is 6.92. The molecular weight excluding hydrogens is 418 g/mol. The molecule has 0 saturated heterocycles. The Morgan fingerprint density at radius 1 is 1.18 bits per heavy atom. The molecular formula is C22H22BrN3O2. The number of phenolic OH excluding ortho intramolecular Hbond substituents is 1. The number of aromatic nitrogens is 2. The molecule has 0 spiro atoms. The molecule has 0 unspecified atom stereocenters. The van der Waals surface area contributed by atoms with E-state index in [4.69, 9.17) is 0 Å². The average molecular weight is 440 g/mol. The number of carbonyl (C=O) groups is 1. The van der Waals surface area contributed by atoms with Crippen LogP contribution in [0.15, 0.2) is 34.8 Å². The third-order valence-corrected chi connectivity index (χ3v) is 6.62. The standard InChI is InChI=1S/C22H22BrN3O2/c23-16-6-5-14-11-26(12-15(14)8-16)22(28)18-9-17-19(7-13-3-1-2-4-13)24-25-20(17)10-21(18)27/h5-6,8-10,13,27H,1-4,7,11-12H2,(H,24,25). The number of aromatic amines is 1. The molecule has 1 fully saturated rings. The number of benzene rings is 2. The van der Waals surface area contributed by atoms with Crippen LogP contribution in [0, 0.1) is 5.92 Å². The van der Waals surface area contributed by atoms with Gasteiger partial charge < -0.3 is 10.0 Å². The van der Waals surface area contributed by atoms with Crippen LogP contribution < -0.4 is 0 Å². The van der Waals surface area contributed by atoms with Gasteiger partial charge in [-0.15, -0.1) is 0 Å². The Morgan fingerprint density at radius 2 is 1.96 bits per heavy atom. The summed E-state index contributed by atoms with van der Waals surface area (Å²) in [4.78, 5) is 15.0. The van der Waals surface area contributed by atoms with Gasteiger partial charge in [-0.2, -0.15) is 5.10 Å². The van der Waals surface area contributed by atoms with Crippen LogP contribution in [0.5, 0.6) is 5.75 Å². The van der Waals surface area contributed by atoms with Crippen molar-refractivity contribution in [3.8, 4) is 5.75 Å². The van der Waals surface area contributed by atoms with Crippen LogP contribution in [0.3, 0.4) is 0 Å². The molecule has 3 aromatic rings. The molecule has 144 valence electrons. The minimum absolute atomic E-state index is 0.00597. The van der Waals surface area contributed by atoms with Crippen LogP contribution in [0.4, 0.5) is 0 Å². The van der Waals surface area contributed by atoms with Crippen molar-refractivity contribution >= 4 is 32.7 Å². The zero-order chi connectivity index (χ0) is 19.3. The molecule has 5 nitrogen and oxygen atoms in total. The number of H-pyrrole nitrogens is 1. The number of amides is 1. The van der Waals surface area contributed by atoms with E-state index in [0.29, 0.717) is 24.6 Å². The number of nitrogens with zero attached hydrogens (tertiary/aromatic N) is 2. The molecule has 0 bridgehead atoms. The minimum Gasteiger partial charge on any atom is -0.507 e. The van der Waals surface area contributed by atoms with E-state index in [2.05, 4.69) is 32.2 Å². The Labute approximate surface area is 171 Å². The monoisotopic (exact) mass is 439 g/mol. The number of aromatic hydroxyl groups is 1. The Morgan fingerprint density at radius 3 is 2.79 bits per heavy atom. The zero-order valence-electron chi connectivity index (χ0n) is 15.5. The van der Waals surface area contributed by atoms with E-state index in [1.807, 2.05) is 18.2 Å². The van der Waals surface area contributed by atoms with E-state index in [9.17, 15) is 9.90 Å². The van der Waals surface area contributed by atoms with E-state index in [1.165, 1.54) is 25.7 Å². The molecule has 0 radical (unpaired) electrons. The van der Waals surface area contributed by atoms with Crippen molar-refractivity contribution in [1.29, 1.82) is 0 Å². The van der Waals surface area contributed by atoms with Crippen molar-refractivity contribution in [1.82, 2.24) is 15.1 Å². The largest absolute Gasteiger partial charge is 0.507 e. The first-order chi connectivity index (χ1) is 13.6. The van der Waals surface area contributed by atoms with E-state index < -0.39 is 0 Å². The number of rotatable bonds is 3. The van der Waals surface area contributed by atoms with Crippen molar-refractivity contribution in [2.45, 2.75) is 45.2 Å². The lowest BCUT2D eigenvalue weighted by molar-refractivity contribution is 0.0748. The second-order valence-corrected chi connectivity index (χ2v) is 8.93. The van der Waals surface area contributed by atoms with Crippen molar-refractivity contribution in [3.63, 3.8) is 0 Å². The van der Waals surface area contributed by atoms with Gasteiger partial charge in [0.2, 0.25) is 0 Å². The van der Waals surface area contributed by atoms with Crippen LogP contribution >= 0.6 is 15.9 Å². The van der Waals surface area contributed by atoms with Gasteiger partial charge in [-0.3, -0.25) is 9.89 Å². The van der Waals surface area contributed by atoms with Gasteiger partial charge in [0.05, 0.1) is 11.1 Å². The molecule has 0 atom stereocenters. The number of nitrogens with one attached hydrogen (secondary N) is 1. The first kappa shape index (κ1) is 17.7. The highest BCUT2D eigenvalue weighted by Crippen LogP contribution is 2.33. The summed E-state index contributed by atoms with van der Waals surface area (Å²) >= 11 is 3.49. The first-order valence-corrected chi connectivity index (χ1v) is 10.6. The van der Waals surface area contributed by atoms with Gasteiger partial charge in [-0.1, -0.05) is 47.7 Å². The maximum atomic E-state index is 13.2. The Hall–Kier alpha value is -2.34. The van der Waals surface area contributed by atoms with E-state index in [0.717, 1.165) is 38.6 Å². The predicted octanol–water partition coefficient (Wildman–Crippen LogP) is 4.92. The summed E-state index contributed by atoms with van der Waals surface area (Å²) in [5.41, 5.74) is 4.45. The molecule has 1 saturated carbocycles. The fraction of sp³-hybridized carbons (Fsp3) is 0.364. The summed E-state index contributed by atoms with van der Waals surface area (Å²) < 4.78 is 1.01. The lowest BCUT2D eigenvalue weighted by Gasteiger charge is -2.16. The third kappa shape index (κ3) is 3.09. The molecule has 1 aliphatic carbocycles. The van der Waals surface area contributed by atoms with Gasteiger partial charge in [0.15, 0.2) is 0 Å². The van der Waals surface area contributed by atoms with E-state index in [1.54, 1.807) is 11.0 Å². The molecule has 1 amide bonds. The van der Waals surface area contributed by atoms with Crippen LogP contribution in [0.25, 0.3) is 10.9 Å². The number of carbonyl (C=O) groups excluding carboxylic acids is 1. The van der Waals surface area contributed by atoms with Gasteiger partial charge in [0.25, 0.3) is 5.91 Å². The van der Waals surface area contributed by atoms with Gasteiger partial charge >= 0.3 is 0 Å². The van der Waals surface area contributed by atoms with Gasteiger partial charge in [-0.05, 0) is 41.7 Å². The summed E-state index contributed by atoms with van der Waals surface area (Å²) in [7, 11) is 0. The molecule has 28 heavy (non-hydrogen) atoms. The minimum atomic E-state index is -0.139. The zero-order valence-corrected chi connectivity index (χ0v) is 17.1. The van der Waals surface area contributed by atoms with E-state index >= 15 is 0 Å². The molecule has 1 aliphatic heterocycles. The lowest BCUT2D eigenvalue weighted by Crippen LogP contribution is -2.25. The van der Waals surface area contributed by atoms with Crippen molar-refractivity contribution in [2.75, 3.05) is 0 Å². The van der Waals surface area contributed by atoms with Crippen molar-refractivity contribution in [2.24, 2.45) is 5.92 Å². The highest BCUT2D eigenvalue weighted by atomic mass is 79.9. The quantitative estimate of drug-likeness (QED) is 0.608. The molecule has 6 heteroatoms. The third-order valence-electron chi connectivity index (χ3n) is 6.13. The molecule has 1 aromatic heterocycles. The first-order valence-electron chi connectivity index (χ1n) is 9.85. The Balaban J connectivity index is 1.45. The van der Waals surface area contributed by atoms with Gasteiger partial charge in [-0.25, -0.2) is 0 Å². The predicted molar refractivity (Wildman–Crippen MR) is 111 cm³/mol. The molecule has 2 aromatic carbocycles. The summed E-state index contributed by atoms with van der Waals surface area (Å²) in [6.45, 7) is 1.13.